The van der Waals surface area contributed by atoms with E-state index in [9.17, 15) is 0 Å². The molecule has 0 amide bonds. The van der Waals surface area contributed by atoms with E-state index in [1.807, 2.05) is 6.20 Å². The molecule has 0 fully saturated rings. The monoisotopic (exact) mass is 248 g/mol. The summed E-state index contributed by atoms with van der Waals surface area (Å²) in [5.41, 5.74) is 2.49. The fourth-order valence-electron chi connectivity index (χ4n) is 1.79. The minimum atomic E-state index is -0.0256. The molecular weight excluding hydrogens is 232 g/mol. The van der Waals surface area contributed by atoms with E-state index in [1.54, 1.807) is 6.20 Å². The van der Waals surface area contributed by atoms with Crippen LogP contribution in [0.15, 0.2) is 36.7 Å². The number of hydrogen-bond donors (Lipinski definition) is 1. The van der Waals surface area contributed by atoms with Crippen molar-refractivity contribution in [3.05, 3.63) is 53.6 Å². The predicted molar refractivity (Wildman–Crippen MR) is 71.4 cm³/mol. The number of nitrogens with zero attached hydrogens (tertiary/aromatic N) is 1. The number of alkyl halides is 1. The summed E-state index contributed by atoms with van der Waals surface area (Å²) in [5, 5.41) is -0.0256. The number of hydrogen-bond acceptors (Lipinski definition) is 1. The number of aromatic amines is 1. The van der Waals surface area contributed by atoms with Gasteiger partial charge in [0.1, 0.15) is 5.82 Å². The first kappa shape index (κ1) is 12.2. The van der Waals surface area contributed by atoms with Crippen LogP contribution in [0.2, 0.25) is 0 Å². The first-order valence-corrected chi connectivity index (χ1v) is 6.32. The number of halogens is 1. The quantitative estimate of drug-likeness (QED) is 0.813. The van der Waals surface area contributed by atoms with Crippen LogP contribution in [0.4, 0.5) is 0 Å². The maximum atomic E-state index is 6.37. The van der Waals surface area contributed by atoms with Gasteiger partial charge in [-0.3, -0.25) is 0 Å². The highest BCUT2D eigenvalue weighted by Crippen LogP contribution is 2.25. The van der Waals surface area contributed by atoms with Crippen molar-refractivity contribution >= 4 is 11.6 Å². The van der Waals surface area contributed by atoms with Gasteiger partial charge in [-0.05, 0) is 17.0 Å². The Bertz CT molecular complexity index is 446. The molecule has 1 aromatic heterocycles. The van der Waals surface area contributed by atoms with Crippen LogP contribution in [-0.4, -0.2) is 9.97 Å². The summed E-state index contributed by atoms with van der Waals surface area (Å²) in [6.07, 6.45) is 4.30. The van der Waals surface area contributed by atoms with E-state index in [2.05, 4.69) is 48.1 Å². The third-order valence-electron chi connectivity index (χ3n) is 2.89. The van der Waals surface area contributed by atoms with Gasteiger partial charge in [0.25, 0.3) is 0 Å². The number of H-pyrrole nitrogens is 1. The summed E-state index contributed by atoms with van der Waals surface area (Å²) in [4.78, 5) is 7.26. The normalized spacial score (nSPS) is 12.9. The zero-order valence-corrected chi connectivity index (χ0v) is 10.9. The van der Waals surface area contributed by atoms with Gasteiger partial charge in [0.2, 0.25) is 0 Å². The molecular formula is C14H17ClN2. The van der Waals surface area contributed by atoms with Gasteiger partial charge in [0.05, 0.1) is 5.38 Å². The summed E-state index contributed by atoms with van der Waals surface area (Å²) < 4.78 is 0. The van der Waals surface area contributed by atoms with Crippen molar-refractivity contribution in [1.82, 2.24) is 9.97 Å². The topological polar surface area (TPSA) is 28.7 Å². The molecule has 0 saturated heterocycles. The molecule has 1 N–H and O–H groups in total. The van der Waals surface area contributed by atoms with Crippen LogP contribution in [0.25, 0.3) is 0 Å². The summed E-state index contributed by atoms with van der Waals surface area (Å²) in [6.45, 7) is 4.38. The SMILES string of the molecule is CC(C)c1ccc(C(Cl)Cc2ncc[nH]2)cc1. The van der Waals surface area contributed by atoms with Crippen LogP contribution in [0.1, 0.15) is 42.1 Å². The van der Waals surface area contributed by atoms with Crippen molar-refractivity contribution < 1.29 is 0 Å². The van der Waals surface area contributed by atoms with E-state index in [1.165, 1.54) is 5.56 Å². The number of benzene rings is 1. The zero-order valence-electron chi connectivity index (χ0n) is 10.2. The molecule has 1 aromatic carbocycles. The Labute approximate surface area is 107 Å². The van der Waals surface area contributed by atoms with Crippen LogP contribution in [0.3, 0.4) is 0 Å². The highest BCUT2D eigenvalue weighted by molar-refractivity contribution is 6.20. The highest BCUT2D eigenvalue weighted by atomic mass is 35.5. The van der Waals surface area contributed by atoms with Gasteiger partial charge in [0, 0.05) is 18.8 Å². The van der Waals surface area contributed by atoms with Crippen LogP contribution in [-0.2, 0) is 6.42 Å². The zero-order chi connectivity index (χ0) is 12.3. The maximum Gasteiger partial charge on any atom is 0.107 e. The predicted octanol–water partition coefficient (Wildman–Crippen LogP) is 4.06. The third kappa shape index (κ3) is 3.10. The molecule has 90 valence electrons. The van der Waals surface area contributed by atoms with Crippen LogP contribution >= 0.6 is 11.6 Å². The Morgan fingerprint density at radius 2 is 1.82 bits per heavy atom. The van der Waals surface area contributed by atoms with Crippen molar-refractivity contribution in [1.29, 1.82) is 0 Å². The number of rotatable bonds is 4. The molecule has 2 nitrogen and oxygen atoms in total. The van der Waals surface area contributed by atoms with Crippen LogP contribution in [0.5, 0.6) is 0 Å². The standard InChI is InChI=1S/C14H17ClN2/c1-10(2)11-3-5-12(6-4-11)13(15)9-14-16-7-8-17-14/h3-8,10,13H,9H2,1-2H3,(H,16,17). The second kappa shape index (κ2) is 5.37. The van der Waals surface area contributed by atoms with Crippen molar-refractivity contribution in [2.24, 2.45) is 0 Å². The first-order valence-electron chi connectivity index (χ1n) is 5.89. The lowest BCUT2D eigenvalue weighted by Crippen LogP contribution is -1.98. The van der Waals surface area contributed by atoms with Gasteiger partial charge in [0.15, 0.2) is 0 Å². The van der Waals surface area contributed by atoms with E-state index in [0.29, 0.717) is 5.92 Å². The molecule has 0 bridgehead atoms. The van der Waals surface area contributed by atoms with E-state index in [0.717, 1.165) is 17.8 Å². The summed E-state index contributed by atoms with van der Waals surface area (Å²) in [7, 11) is 0. The van der Waals surface area contributed by atoms with Gasteiger partial charge >= 0.3 is 0 Å². The molecule has 0 aliphatic rings. The molecule has 1 unspecified atom stereocenters. The van der Waals surface area contributed by atoms with Crippen LogP contribution < -0.4 is 0 Å². The molecule has 0 spiro atoms. The van der Waals surface area contributed by atoms with E-state index in [4.69, 9.17) is 11.6 Å². The largest absolute Gasteiger partial charge is 0.349 e. The smallest absolute Gasteiger partial charge is 0.107 e. The van der Waals surface area contributed by atoms with Crippen molar-refractivity contribution in [2.75, 3.05) is 0 Å². The second-order valence-electron chi connectivity index (χ2n) is 4.53. The molecule has 17 heavy (non-hydrogen) atoms. The second-order valence-corrected chi connectivity index (χ2v) is 5.06. The molecule has 2 aromatic rings. The Morgan fingerprint density at radius 1 is 1.18 bits per heavy atom. The lowest BCUT2D eigenvalue weighted by Gasteiger charge is -2.10. The Balaban J connectivity index is 2.06. The van der Waals surface area contributed by atoms with Crippen molar-refractivity contribution in [3.63, 3.8) is 0 Å². The molecule has 0 saturated carbocycles. The molecule has 0 radical (unpaired) electrons. The van der Waals surface area contributed by atoms with Gasteiger partial charge in [-0.25, -0.2) is 4.98 Å². The van der Waals surface area contributed by atoms with Crippen LogP contribution in [0, 0.1) is 0 Å². The molecule has 2 rings (SSSR count). The van der Waals surface area contributed by atoms with E-state index >= 15 is 0 Å². The van der Waals surface area contributed by atoms with E-state index in [-0.39, 0.29) is 5.38 Å². The van der Waals surface area contributed by atoms with Crippen molar-refractivity contribution in [3.8, 4) is 0 Å². The Morgan fingerprint density at radius 3 is 2.35 bits per heavy atom. The van der Waals surface area contributed by atoms with Gasteiger partial charge in [-0.2, -0.15) is 0 Å². The lowest BCUT2D eigenvalue weighted by atomic mass is 10.00. The van der Waals surface area contributed by atoms with E-state index < -0.39 is 0 Å². The molecule has 1 atom stereocenters. The molecule has 0 aliphatic carbocycles. The molecule has 1 heterocycles. The molecule has 0 aliphatic heterocycles. The minimum Gasteiger partial charge on any atom is -0.349 e. The summed E-state index contributed by atoms with van der Waals surface area (Å²) in [6, 6.07) is 8.51. The number of nitrogens with one attached hydrogen (secondary N) is 1. The highest BCUT2D eigenvalue weighted by Gasteiger charge is 2.10. The van der Waals surface area contributed by atoms with Gasteiger partial charge < -0.3 is 4.98 Å². The van der Waals surface area contributed by atoms with Gasteiger partial charge in [-0.1, -0.05) is 38.1 Å². The summed E-state index contributed by atoms with van der Waals surface area (Å²) >= 11 is 6.37. The molecule has 3 heteroatoms. The minimum absolute atomic E-state index is 0.0256. The maximum absolute atomic E-state index is 6.37. The third-order valence-corrected chi connectivity index (χ3v) is 3.30. The Hall–Kier alpha value is -1.28. The van der Waals surface area contributed by atoms with Gasteiger partial charge in [-0.15, -0.1) is 11.6 Å². The average Bonchev–Trinajstić information content (AvgIpc) is 2.82. The lowest BCUT2D eigenvalue weighted by molar-refractivity contribution is 0.843. The first-order chi connectivity index (χ1) is 8.16. The fourth-order valence-corrected chi connectivity index (χ4v) is 2.08. The fraction of sp³-hybridized carbons (Fsp3) is 0.357. The Kier molecular flexibility index (Phi) is 3.85. The number of imidazole rings is 1. The number of aromatic nitrogens is 2. The van der Waals surface area contributed by atoms with Crippen molar-refractivity contribution in [2.45, 2.75) is 31.6 Å². The average molecular weight is 249 g/mol. The summed E-state index contributed by atoms with van der Waals surface area (Å²) in [5.74, 6) is 1.49.